The molecule has 1 aliphatic heterocycles. The Bertz CT molecular complexity index is 372. The average Bonchev–Trinajstić information content (AvgIpc) is 2.84. The molecule has 1 N–H and O–H groups in total. The van der Waals surface area contributed by atoms with Gasteiger partial charge in [0.2, 0.25) is 5.76 Å². The van der Waals surface area contributed by atoms with Gasteiger partial charge >= 0.3 is 5.97 Å². The fourth-order valence-corrected chi connectivity index (χ4v) is 2.29. The predicted octanol–water partition coefficient (Wildman–Crippen LogP) is 2.60. The van der Waals surface area contributed by atoms with Gasteiger partial charge in [-0.1, -0.05) is 13.3 Å². The minimum atomic E-state index is -1.00. The van der Waals surface area contributed by atoms with Crippen molar-refractivity contribution < 1.29 is 14.3 Å². The molecule has 2 rings (SSSR count). The van der Waals surface area contributed by atoms with E-state index in [0.717, 1.165) is 19.0 Å². The molecule has 1 unspecified atom stereocenters. The van der Waals surface area contributed by atoms with Gasteiger partial charge in [-0.2, -0.15) is 0 Å². The van der Waals surface area contributed by atoms with Gasteiger partial charge in [-0.25, -0.2) is 4.79 Å². The summed E-state index contributed by atoms with van der Waals surface area (Å²) in [6.07, 6.45) is 3.62. The number of carboxylic acids is 1. The van der Waals surface area contributed by atoms with E-state index in [1.54, 1.807) is 6.07 Å². The minimum absolute atomic E-state index is 0.0222. The Hall–Kier alpha value is -1.45. The summed E-state index contributed by atoms with van der Waals surface area (Å²) < 4.78 is 5.28. The van der Waals surface area contributed by atoms with Crippen molar-refractivity contribution in [2.24, 2.45) is 5.92 Å². The summed E-state index contributed by atoms with van der Waals surface area (Å²) in [7, 11) is 0. The molecule has 1 saturated heterocycles. The second kappa shape index (κ2) is 4.60. The SMILES string of the molecule is CCCC1CCN(c2ccc(C(=O)O)o2)C1. The van der Waals surface area contributed by atoms with Crippen LogP contribution < -0.4 is 4.90 Å². The lowest BCUT2D eigenvalue weighted by atomic mass is 10.0. The minimum Gasteiger partial charge on any atom is -0.475 e. The number of aromatic carboxylic acids is 1. The van der Waals surface area contributed by atoms with E-state index in [1.807, 2.05) is 0 Å². The molecule has 0 spiro atoms. The molecule has 1 aromatic heterocycles. The normalized spacial score (nSPS) is 20.3. The third kappa shape index (κ3) is 2.21. The largest absolute Gasteiger partial charge is 0.475 e. The Kier molecular flexibility index (Phi) is 3.17. The van der Waals surface area contributed by atoms with Gasteiger partial charge in [-0.15, -0.1) is 0 Å². The summed E-state index contributed by atoms with van der Waals surface area (Å²) in [6, 6.07) is 3.27. The van der Waals surface area contributed by atoms with E-state index in [0.29, 0.717) is 5.88 Å². The highest BCUT2D eigenvalue weighted by atomic mass is 16.4. The van der Waals surface area contributed by atoms with Crippen LogP contribution in [-0.2, 0) is 0 Å². The van der Waals surface area contributed by atoms with Crippen LogP contribution in [-0.4, -0.2) is 24.2 Å². The van der Waals surface area contributed by atoms with E-state index in [4.69, 9.17) is 9.52 Å². The van der Waals surface area contributed by atoms with Gasteiger partial charge in [-0.3, -0.25) is 0 Å². The summed E-state index contributed by atoms with van der Waals surface area (Å²) in [5, 5.41) is 8.76. The van der Waals surface area contributed by atoms with E-state index in [9.17, 15) is 4.79 Å². The molecular weight excluding hydrogens is 206 g/mol. The first-order valence-electron chi connectivity index (χ1n) is 5.78. The highest BCUT2D eigenvalue weighted by Gasteiger charge is 2.24. The zero-order valence-electron chi connectivity index (χ0n) is 9.48. The predicted molar refractivity (Wildman–Crippen MR) is 60.9 cm³/mol. The first-order chi connectivity index (χ1) is 7.70. The quantitative estimate of drug-likeness (QED) is 0.852. The first kappa shape index (κ1) is 11.0. The van der Waals surface area contributed by atoms with Crippen LogP contribution in [0.2, 0.25) is 0 Å². The molecule has 0 aromatic carbocycles. The molecule has 0 radical (unpaired) electrons. The molecule has 0 amide bonds. The monoisotopic (exact) mass is 223 g/mol. The Labute approximate surface area is 94.9 Å². The van der Waals surface area contributed by atoms with Crippen LogP contribution in [0.3, 0.4) is 0 Å². The number of rotatable bonds is 4. The number of hydrogen-bond acceptors (Lipinski definition) is 3. The van der Waals surface area contributed by atoms with Crippen molar-refractivity contribution in [2.75, 3.05) is 18.0 Å². The highest BCUT2D eigenvalue weighted by Crippen LogP contribution is 2.27. The average molecular weight is 223 g/mol. The number of carboxylic acid groups (broad SMARTS) is 1. The van der Waals surface area contributed by atoms with E-state index >= 15 is 0 Å². The molecule has 4 heteroatoms. The zero-order valence-corrected chi connectivity index (χ0v) is 9.48. The van der Waals surface area contributed by atoms with Gasteiger partial charge < -0.3 is 14.4 Å². The fraction of sp³-hybridized carbons (Fsp3) is 0.583. The lowest BCUT2D eigenvalue weighted by Gasteiger charge is -2.14. The number of carbonyl (C=O) groups is 1. The Balaban J connectivity index is 2.00. The summed E-state index contributed by atoms with van der Waals surface area (Å²) in [4.78, 5) is 12.8. The summed E-state index contributed by atoms with van der Waals surface area (Å²) in [5.41, 5.74) is 0. The summed E-state index contributed by atoms with van der Waals surface area (Å²) in [6.45, 7) is 4.15. The number of furan rings is 1. The number of nitrogens with zero attached hydrogens (tertiary/aromatic N) is 1. The van der Waals surface area contributed by atoms with Crippen LogP contribution >= 0.6 is 0 Å². The smallest absolute Gasteiger partial charge is 0.371 e. The van der Waals surface area contributed by atoms with Gasteiger partial charge in [-0.05, 0) is 24.8 Å². The van der Waals surface area contributed by atoms with Crippen LogP contribution in [0.1, 0.15) is 36.7 Å². The number of anilines is 1. The van der Waals surface area contributed by atoms with Crippen LogP contribution in [0.15, 0.2) is 16.5 Å². The molecule has 1 fully saturated rings. The molecule has 1 aliphatic rings. The van der Waals surface area contributed by atoms with Gasteiger partial charge in [0.25, 0.3) is 0 Å². The van der Waals surface area contributed by atoms with Crippen molar-refractivity contribution >= 4 is 11.9 Å². The number of hydrogen-bond donors (Lipinski definition) is 1. The van der Waals surface area contributed by atoms with Crippen molar-refractivity contribution in [3.05, 3.63) is 17.9 Å². The van der Waals surface area contributed by atoms with Gasteiger partial charge in [0.15, 0.2) is 5.88 Å². The van der Waals surface area contributed by atoms with Crippen molar-refractivity contribution in [3.63, 3.8) is 0 Å². The van der Waals surface area contributed by atoms with Crippen molar-refractivity contribution in [2.45, 2.75) is 26.2 Å². The maximum atomic E-state index is 10.7. The standard InChI is InChI=1S/C12H17NO3/c1-2-3-9-6-7-13(8-9)11-5-4-10(16-11)12(14)15/h4-5,9H,2-3,6-8H2,1H3,(H,14,15). The molecule has 0 saturated carbocycles. The van der Waals surface area contributed by atoms with E-state index < -0.39 is 5.97 Å². The third-order valence-corrected chi connectivity index (χ3v) is 3.10. The van der Waals surface area contributed by atoms with Crippen LogP contribution in [0.4, 0.5) is 5.88 Å². The maximum Gasteiger partial charge on any atom is 0.371 e. The lowest BCUT2D eigenvalue weighted by Crippen LogP contribution is -2.18. The van der Waals surface area contributed by atoms with Crippen molar-refractivity contribution in [1.29, 1.82) is 0 Å². The van der Waals surface area contributed by atoms with Crippen molar-refractivity contribution in [3.8, 4) is 0 Å². The molecule has 4 nitrogen and oxygen atoms in total. The highest BCUT2D eigenvalue weighted by molar-refractivity contribution is 5.84. The molecule has 88 valence electrons. The van der Waals surface area contributed by atoms with Gasteiger partial charge in [0.1, 0.15) is 0 Å². The molecule has 1 atom stereocenters. The van der Waals surface area contributed by atoms with Crippen LogP contribution in [0, 0.1) is 5.92 Å². The Morgan fingerprint density at radius 3 is 3.06 bits per heavy atom. The lowest BCUT2D eigenvalue weighted by molar-refractivity contribution is 0.0663. The van der Waals surface area contributed by atoms with Crippen molar-refractivity contribution in [1.82, 2.24) is 0 Å². The first-order valence-corrected chi connectivity index (χ1v) is 5.78. The zero-order chi connectivity index (χ0) is 11.5. The second-order valence-electron chi connectivity index (χ2n) is 4.33. The van der Waals surface area contributed by atoms with Gasteiger partial charge in [0.05, 0.1) is 0 Å². The molecular formula is C12H17NO3. The van der Waals surface area contributed by atoms with Gasteiger partial charge in [0, 0.05) is 19.2 Å². The van der Waals surface area contributed by atoms with E-state index in [-0.39, 0.29) is 5.76 Å². The third-order valence-electron chi connectivity index (χ3n) is 3.10. The molecule has 1 aromatic rings. The summed E-state index contributed by atoms with van der Waals surface area (Å²) in [5.74, 6) is 0.434. The van der Waals surface area contributed by atoms with Crippen LogP contribution in [0.5, 0.6) is 0 Å². The van der Waals surface area contributed by atoms with E-state index in [1.165, 1.54) is 25.3 Å². The molecule has 0 aliphatic carbocycles. The maximum absolute atomic E-state index is 10.7. The van der Waals surface area contributed by atoms with E-state index in [2.05, 4.69) is 11.8 Å². The van der Waals surface area contributed by atoms with Crippen LogP contribution in [0.25, 0.3) is 0 Å². The Morgan fingerprint density at radius 1 is 1.62 bits per heavy atom. The molecule has 2 heterocycles. The molecule has 16 heavy (non-hydrogen) atoms. The topological polar surface area (TPSA) is 53.7 Å². The molecule has 0 bridgehead atoms. The summed E-state index contributed by atoms with van der Waals surface area (Å²) >= 11 is 0. The Morgan fingerprint density at radius 2 is 2.44 bits per heavy atom. The second-order valence-corrected chi connectivity index (χ2v) is 4.33. The fourth-order valence-electron chi connectivity index (χ4n) is 2.29.